The highest BCUT2D eigenvalue weighted by Crippen LogP contribution is 2.41. The molecule has 1 heterocycles. The Kier molecular flexibility index (Phi) is 5.48. The van der Waals surface area contributed by atoms with Crippen LogP contribution in [-0.4, -0.2) is 21.9 Å². The number of hydrogen-bond donors (Lipinski definition) is 1. The van der Waals surface area contributed by atoms with Crippen molar-refractivity contribution in [3.63, 3.8) is 0 Å². The molecule has 1 aliphatic carbocycles. The zero-order valence-corrected chi connectivity index (χ0v) is 14.5. The average molecular weight is 291 g/mol. The Hall–Kier alpha value is -0.830. The van der Waals surface area contributed by atoms with E-state index >= 15 is 0 Å². The minimum atomic E-state index is 0.206. The van der Waals surface area contributed by atoms with Crippen LogP contribution in [0, 0.1) is 11.8 Å². The Labute approximate surface area is 130 Å². The standard InChI is InChI=1S/C18H33N3/c1-6-14-8-9-15(13-19-18(3,4)5)16(12-14)17-10-11-20-21(17)7-2/h10-11,14-16,19H,6-9,12-13H2,1-5H3. The van der Waals surface area contributed by atoms with Gasteiger partial charge in [0.1, 0.15) is 0 Å². The number of aromatic nitrogens is 2. The number of nitrogens with one attached hydrogen (secondary N) is 1. The first-order valence-electron chi connectivity index (χ1n) is 8.71. The van der Waals surface area contributed by atoms with Crippen molar-refractivity contribution in [2.45, 2.75) is 78.3 Å². The molecule has 0 radical (unpaired) electrons. The molecule has 3 unspecified atom stereocenters. The zero-order chi connectivity index (χ0) is 15.5. The lowest BCUT2D eigenvalue weighted by atomic mass is 9.71. The maximum absolute atomic E-state index is 4.50. The minimum absolute atomic E-state index is 0.206. The Morgan fingerprint density at radius 3 is 2.67 bits per heavy atom. The van der Waals surface area contributed by atoms with Crippen LogP contribution >= 0.6 is 0 Å². The molecule has 1 saturated carbocycles. The molecular weight excluding hydrogens is 258 g/mol. The van der Waals surface area contributed by atoms with Crippen LogP contribution in [0.2, 0.25) is 0 Å². The van der Waals surface area contributed by atoms with Crippen LogP contribution in [0.3, 0.4) is 0 Å². The minimum Gasteiger partial charge on any atom is -0.312 e. The van der Waals surface area contributed by atoms with E-state index < -0.39 is 0 Å². The summed E-state index contributed by atoms with van der Waals surface area (Å²) < 4.78 is 2.20. The Morgan fingerprint density at radius 1 is 1.29 bits per heavy atom. The highest BCUT2D eigenvalue weighted by atomic mass is 15.3. The fourth-order valence-electron chi connectivity index (χ4n) is 3.66. The molecular formula is C18H33N3. The SMILES string of the molecule is CCC1CCC(CNC(C)(C)C)C(c2ccnn2CC)C1. The summed E-state index contributed by atoms with van der Waals surface area (Å²) in [6.07, 6.45) is 7.36. The van der Waals surface area contributed by atoms with Gasteiger partial charge in [-0.3, -0.25) is 4.68 Å². The highest BCUT2D eigenvalue weighted by Gasteiger charge is 2.33. The van der Waals surface area contributed by atoms with Crippen LogP contribution < -0.4 is 5.32 Å². The van der Waals surface area contributed by atoms with Gasteiger partial charge in [-0.2, -0.15) is 5.10 Å². The van der Waals surface area contributed by atoms with E-state index in [9.17, 15) is 0 Å². The van der Waals surface area contributed by atoms with E-state index in [-0.39, 0.29) is 5.54 Å². The molecule has 3 nitrogen and oxygen atoms in total. The Bertz CT molecular complexity index is 430. The van der Waals surface area contributed by atoms with Crippen molar-refractivity contribution < 1.29 is 0 Å². The fourth-order valence-corrected chi connectivity index (χ4v) is 3.66. The molecule has 0 spiro atoms. The molecule has 3 atom stereocenters. The van der Waals surface area contributed by atoms with Gasteiger partial charge in [0.15, 0.2) is 0 Å². The molecule has 1 aromatic rings. The van der Waals surface area contributed by atoms with E-state index in [0.29, 0.717) is 5.92 Å². The molecule has 0 saturated heterocycles. The van der Waals surface area contributed by atoms with E-state index in [1.807, 2.05) is 6.20 Å². The van der Waals surface area contributed by atoms with E-state index in [0.717, 1.165) is 24.9 Å². The van der Waals surface area contributed by atoms with Crippen molar-refractivity contribution in [2.24, 2.45) is 11.8 Å². The average Bonchev–Trinajstić information content (AvgIpc) is 2.92. The van der Waals surface area contributed by atoms with E-state index in [2.05, 4.69) is 55.8 Å². The van der Waals surface area contributed by atoms with Gasteiger partial charge in [0.25, 0.3) is 0 Å². The summed E-state index contributed by atoms with van der Waals surface area (Å²) in [7, 11) is 0. The van der Waals surface area contributed by atoms with Crippen LogP contribution in [0.5, 0.6) is 0 Å². The van der Waals surface area contributed by atoms with Gasteiger partial charge in [-0.15, -0.1) is 0 Å². The van der Waals surface area contributed by atoms with Crippen molar-refractivity contribution in [3.05, 3.63) is 18.0 Å². The molecule has 1 aliphatic rings. The maximum Gasteiger partial charge on any atom is 0.0492 e. The molecule has 0 aromatic carbocycles. The summed E-state index contributed by atoms with van der Waals surface area (Å²) >= 11 is 0. The summed E-state index contributed by atoms with van der Waals surface area (Å²) in [5.74, 6) is 2.30. The summed E-state index contributed by atoms with van der Waals surface area (Å²) in [5.41, 5.74) is 1.66. The van der Waals surface area contributed by atoms with Gasteiger partial charge in [0.05, 0.1) is 0 Å². The predicted molar refractivity (Wildman–Crippen MR) is 89.5 cm³/mol. The number of aryl methyl sites for hydroxylation is 1. The van der Waals surface area contributed by atoms with Crippen LogP contribution in [0.25, 0.3) is 0 Å². The summed E-state index contributed by atoms with van der Waals surface area (Å²) in [5, 5.41) is 8.22. The molecule has 0 amide bonds. The second-order valence-corrected chi connectivity index (χ2v) is 7.66. The summed E-state index contributed by atoms with van der Waals surface area (Å²) in [4.78, 5) is 0. The third-order valence-corrected chi connectivity index (χ3v) is 5.00. The lowest BCUT2D eigenvalue weighted by molar-refractivity contribution is 0.206. The van der Waals surface area contributed by atoms with E-state index in [4.69, 9.17) is 0 Å². The van der Waals surface area contributed by atoms with Crippen LogP contribution in [0.4, 0.5) is 0 Å². The summed E-state index contributed by atoms with van der Waals surface area (Å²) in [6, 6.07) is 2.25. The first-order chi connectivity index (χ1) is 9.94. The van der Waals surface area contributed by atoms with Gasteiger partial charge in [0, 0.05) is 29.9 Å². The van der Waals surface area contributed by atoms with Crippen molar-refractivity contribution in [2.75, 3.05) is 6.54 Å². The van der Waals surface area contributed by atoms with Crippen LogP contribution in [-0.2, 0) is 6.54 Å². The second-order valence-electron chi connectivity index (χ2n) is 7.66. The quantitative estimate of drug-likeness (QED) is 0.881. The molecule has 2 rings (SSSR count). The molecule has 1 N–H and O–H groups in total. The molecule has 0 bridgehead atoms. The lowest BCUT2D eigenvalue weighted by Crippen LogP contribution is -2.42. The van der Waals surface area contributed by atoms with Crippen LogP contribution in [0.1, 0.15) is 71.9 Å². The van der Waals surface area contributed by atoms with Gasteiger partial charge in [-0.1, -0.05) is 19.8 Å². The molecule has 1 aromatic heterocycles. The molecule has 21 heavy (non-hydrogen) atoms. The van der Waals surface area contributed by atoms with Gasteiger partial charge >= 0.3 is 0 Å². The topological polar surface area (TPSA) is 29.9 Å². The van der Waals surface area contributed by atoms with Crippen molar-refractivity contribution in [1.82, 2.24) is 15.1 Å². The number of nitrogens with zero attached hydrogens (tertiary/aromatic N) is 2. The van der Waals surface area contributed by atoms with Gasteiger partial charge in [0.2, 0.25) is 0 Å². The normalized spacial score (nSPS) is 27.0. The van der Waals surface area contributed by atoms with Crippen molar-refractivity contribution in [1.29, 1.82) is 0 Å². The molecule has 0 aliphatic heterocycles. The van der Waals surface area contributed by atoms with Crippen LogP contribution in [0.15, 0.2) is 12.3 Å². The first kappa shape index (κ1) is 16.5. The smallest absolute Gasteiger partial charge is 0.0492 e. The Morgan fingerprint density at radius 2 is 2.05 bits per heavy atom. The number of rotatable bonds is 5. The second kappa shape index (κ2) is 6.95. The molecule has 1 fully saturated rings. The third-order valence-electron chi connectivity index (χ3n) is 5.00. The Balaban J connectivity index is 2.14. The van der Waals surface area contributed by atoms with E-state index in [1.54, 1.807) is 0 Å². The van der Waals surface area contributed by atoms with Gasteiger partial charge in [-0.05, 0) is 65.0 Å². The van der Waals surface area contributed by atoms with Crippen molar-refractivity contribution in [3.8, 4) is 0 Å². The molecule has 3 heteroatoms. The number of hydrogen-bond acceptors (Lipinski definition) is 2. The monoisotopic (exact) mass is 291 g/mol. The largest absolute Gasteiger partial charge is 0.312 e. The third kappa shape index (κ3) is 4.32. The fraction of sp³-hybridized carbons (Fsp3) is 0.833. The van der Waals surface area contributed by atoms with Gasteiger partial charge in [-0.25, -0.2) is 0 Å². The zero-order valence-electron chi connectivity index (χ0n) is 14.5. The summed E-state index contributed by atoms with van der Waals surface area (Å²) in [6.45, 7) is 13.4. The van der Waals surface area contributed by atoms with E-state index in [1.165, 1.54) is 31.4 Å². The highest BCUT2D eigenvalue weighted by molar-refractivity contribution is 5.11. The lowest BCUT2D eigenvalue weighted by Gasteiger charge is -2.38. The van der Waals surface area contributed by atoms with Crippen molar-refractivity contribution >= 4 is 0 Å². The van der Waals surface area contributed by atoms with Gasteiger partial charge < -0.3 is 5.32 Å². The first-order valence-corrected chi connectivity index (χ1v) is 8.71. The molecule has 120 valence electrons. The predicted octanol–water partition coefficient (Wildman–Crippen LogP) is 4.20. The maximum atomic E-state index is 4.50.